The van der Waals surface area contributed by atoms with Crippen molar-refractivity contribution in [3.05, 3.63) is 28.0 Å². The number of hydrogen-bond acceptors (Lipinski definition) is 3. The van der Waals surface area contributed by atoms with Gasteiger partial charge in [0.25, 0.3) is 0 Å². The molecule has 1 aromatic carbocycles. The molecule has 0 aliphatic carbocycles. The van der Waals surface area contributed by atoms with E-state index in [0.717, 1.165) is 12.4 Å². The molecular weight excluding hydrogens is 328 g/mol. The Kier molecular flexibility index (Phi) is 4.69. The molecule has 0 aromatic heterocycles. The molecule has 1 saturated heterocycles. The summed E-state index contributed by atoms with van der Waals surface area (Å²) in [5.74, 6) is -1.07. The molecule has 0 unspecified atom stereocenters. The van der Waals surface area contributed by atoms with Crippen molar-refractivity contribution in [2.75, 3.05) is 13.1 Å². The predicted octanol–water partition coefficient (Wildman–Crippen LogP) is 2.73. The molecule has 0 saturated carbocycles. The zero-order chi connectivity index (χ0) is 14.9. The van der Waals surface area contributed by atoms with Gasteiger partial charge in [-0.15, -0.1) is 0 Å². The van der Waals surface area contributed by atoms with Gasteiger partial charge in [-0.05, 0) is 25.0 Å². The Balaban J connectivity index is 2.32. The van der Waals surface area contributed by atoms with Crippen molar-refractivity contribution in [3.63, 3.8) is 0 Å². The molecule has 1 fully saturated rings. The van der Waals surface area contributed by atoms with Crippen molar-refractivity contribution in [2.24, 2.45) is 5.92 Å². The van der Waals surface area contributed by atoms with E-state index in [1.165, 1.54) is 10.4 Å². The van der Waals surface area contributed by atoms with Crippen LogP contribution in [0.5, 0.6) is 0 Å². The maximum atomic E-state index is 13.6. The molecule has 0 N–H and O–H groups in total. The van der Waals surface area contributed by atoms with Gasteiger partial charge in [-0.1, -0.05) is 23.2 Å². The number of carbonyl (C=O) groups excluding carboxylic acids is 1. The molecule has 0 atom stereocenters. The number of aldehydes is 1. The summed E-state index contributed by atoms with van der Waals surface area (Å²) < 4.78 is 39.6. The van der Waals surface area contributed by atoms with Gasteiger partial charge >= 0.3 is 0 Å². The van der Waals surface area contributed by atoms with Crippen molar-refractivity contribution < 1.29 is 17.6 Å². The smallest absolute Gasteiger partial charge is 0.244 e. The highest BCUT2D eigenvalue weighted by Gasteiger charge is 2.31. The van der Waals surface area contributed by atoms with Crippen LogP contribution in [0.2, 0.25) is 10.0 Å². The van der Waals surface area contributed by atoms with E-state index in [0.29, 0.717) is 12.8 Å². The Morgan fingerprint density at radius 2 is 1.85 bits per heavy atom. The molecule has 1 heterocycles. The maximum Gasteiger partial charge on any atom is 0.244 e. The maximum absolute atomic E-state index is 13.6. The fraction of sp³-hybridized carbons (Fsp3) is 0.417. The molecule has 1 aliphatic rings. The molecule has 4 nitrogen and oxygen atoms in total. The third-order valence-electron chi connectivity index (χ3n) is 3.31. The standard InChI is InChI=1S/C12H12Cl2FNO3S/c13-9-1-2-10(11(14)12(9)15)20(18,19)16-5-3-8(7-17)4-6-16/h1-2,7-8H,3-6H2. The van der Waals surface area contributed by atoms with Crippen molar-refractivity contribution >= 4 is 39.5 Å². The highest BCUT2D eigenvalue weighted by Crippen LogP contribution is 2.32. The van der Waals surface area contributed by atoms with Gasteiger partial charge in [-0.3, -0.25) is 0 Å². The summed E-state index contributed by atoms with van der Waals surface area (Å²) in [4.78, 5) is 10.4. The second kappa shape index (κ2) is 5.97. The summed E-state index contributed by atoms with van der Waals surface area (Å²) in [5.41, 5.74) is 0. The van der Waals surface area contributed by atoms with E-state index in [9.17, 15) is 17.6 Å². The predicted molar refractivity (Wildman–Crippen MR) is 74.0 cm³/mol. The highest BCUT2D eigenvalue weighted by atomic mass is 35.5. The van der Waals surface area contributed by atoms with Crippen LogP contribution in [-0.2, 0) is 14.8 Å². The quantitative estimate of drug-likeness (QED) is 0.628. The lowest BCUT2D eigenvalue weighted by molar-refractivity contribution is -0.112. The highest BCUT2D eigenvalue weighted by molar-refractivity contribution is 7.89. The van der Waals surface area contributed by atoms with Crippen LogP contribution < -0.4 is 0 Å². The second-order valence-electron chi connectivity index (χ2n) is 4.55. The number of rotatable bonds is 3. The minimum atomic E-state index is -3.88. The summed E-state index contributed by atoms with van der Waals surface area (Å²) >= 11 is 11.3. The Bertz CT molecular complexity index is 628. The van der Waals surface area contributed by atoms with E-state index in [1.807, 2.05) is 0 Å². The Labute approximate surface area is 126 Å². The fourth-order valence-corrected chi connectivity index (χ4v) is 4.29. The molecule has 0 radical (unpaired) electrons. The molecule has 2 rings (SSSR count). The van der Waals surface area contributed by atoms with E-state index in [4.69, 9.17) is 23.2 Å². The number of nitrogens with zero attached hydrogens (tertiary/aromatic N) is 1. The van der Waals surface area contributed by atoms with E-state index in [2.05, 4.69) is 0 Å². The van der Waals surface area contributed by atoms with E-state index < -0.39 is 20.9 Å². The van der Waals surface area contributed by atoms with Gasteiger partial charge in [-0.2, -0.15) is 4.31 Å². The largest absolute Gasteiger partial charge is 0.303 e. The Morgan fingerprint density at radius 1 is 1.25 bits per heavy atom. The first-order chi connectivity index (χ1) is 9.37. The lowest BCUT2D eigenvalue weighted by Crippen LogP contribution is -2.38. The number of carbonyl (C=O) groups is 1. The van der Waals surface area contributed by atoms with Gasteiger partial charge in [0.2, 0.25) is 10.0 Å². The fourth-order valence-electron chi connectivity index (χ4n) is 2.10. The van der Waals surface area contributed by atoms with Crippen LogP contribution in [-0.4, -0.2) is 32.1 Å². The average Bonchev–Trinajstić information content (AvgIpc) is 2.44. The van der Waals surface area contributed by atoms with Gasteiger partial charge in [0.05, 0.1) is 10.0 Å². The average molecular weight is 340 g/mol. The summed E-state index contributed by atoms with van der Waals surface area (Å²) in [6.45, 7) is 0.429. The van der Waals surface area contributed by atoms with Crippen LogP contribution in [0.3, 0.4) is 0 Å². The molecule has 0 bridgehead atoms. The van der Waals surface area contributed by atoms with Crippen LogP contribution in [0.4, 0.5) is 4.39 Å². The zero-order valence-electron chi connectivity index (χ0n) is 10.4. The number of sulfonamides is 1. The first kappa shape index (κ1) is 15.7. The summed E-state index contributed by atoms with van der Waals surface area (Å²) in [6.07, 6.45) is 1.74. The summed E-state index contributed by atoms with van der Waals surface area (Å²) in [7, 11) is -3.88. The molecule has 0 amide bonds. The van der Waals surface area contributed by atoms with E-state index in [1.54, 1.807) is 0 Å². The molecular formula is C12H12Cl2FNO3S. The van der Waals surface area contributed by atoms with Crippen molar-refractivity contribution in [3.8, 4) is 0 Å². The number of halogens is 3. The summed E-state index contributed by atoms with van der Waals surface area (Å²) in [5, 5.41) is -0.733. The Morgan fingerprint density at radius 3 is 2.40 bits per heavy atom. The zero-order valence-corrected chi connectivity index (χ0v) is 12.7. The third kappa shape index (κ3) is 2.83. The minimum absolute atomic E-state index is 0.126. The summed E-state index contributed by atoms with van der Waals surface area (Å²) in [6, 6.07) is 2.35. The second-order valence-corrected chi connectivity index (χ2v) is 7.24. The molecule has 1 aromatic rings. The third-order valence-corrected chi connectivity index (χ3v) is 6.02. The van der Waals surface area contributed by atoms with Crippen LogP contribution in [0, 0.1) is 11.7 Å². The first-order valence-corrected chi connectivity index (χ1v) is 8.16. The normalized spacial score (nSPS) is 18.1. The topological polar surface area (TPSA) is 54.5 Å². The van der Waals surface area contributed by atoms with Gasteiger partial charge in [0, 0.05) is 19.0 Å². The lowest BCUT2D eigenvalue weighted by atomic mass is 10.0. The molecule has 8 heteroatoms. The van der Waals surface area contributed by atoms with Gasteiger partial charge in [-0.25, -0.2) is 12.8 Å². The van der Waals surface area contributed by atoms with Gasteiger partial charge in [0.1, 0.15) is 11.2 Å². The number of benzene rings is 1. The van der Waals surface area contributed by atoms with E-state index in [-0.39, 0.29) is 28.9 Å². The van der Waals surface area contributed by atoms with Crippen molar-refractivity contribution in [2.45, 2.75) is 17.7 Å². The van der Waals surface area contributed by atoms with Crippen molar-refractivity contribution in [1.29, 1.82) is 0 Å². The monoisotopic (exact) mass is 339 g/mol. The first-order valence-electron chi connectivity index (χ1n) is 5.97. The van der Waals surface area contributed by atoms with Gasteiger partial charge < -0.3 is 4.79 Å². The molecule has 110 valence electrons. The van der Waals surface area contributed by atoms with Gasteiger partial charge in [0.15, 0.2) is 5.82 Å². The van der Waals surface area contributed by atoms with Crippen molar-refractivity contribution in [1.82, 2.24) is 4.31 Å². The van der Waals surface area contributed by atoms with Crippen LogP contribution >= 0.6 is 23.2 Å². The van der Waals surface area contributed by atoms with Crippen LogP contribution in [0.1, 0.15) is 12.8 Å². The molecule has 1 aliphatic heterocycles. The number of piperidine rings is 1. The van der Waals surface area contributed by atoms with Crippen LogP contribution in [0.15, 0.2) is 17.0 Å². The molecule has 0 spiro atoms. The number of hydrogen-bond donors (Lipinski definition) is 0. The minimum Gasteiger partial charge on any atom is -0.303 e. The lowest BCUT2D eigenvalue weighted by Gasteiger charge is -2.29. The molecule has 20 heavy (non-hydrogen) atoms. The van der Waals surface area contributed by atoms with E-state index >= 15 is 0 Å². The van der Waals surface area contributed by atoms with Crippen LogP contribution in [0.25, 0.3) is 0 Å². The Hall–Kier alpha value is -0.690. The SMILES string of the molecule is O=CC1CCN(S(=O)(=O)c2ccc(Cl)c(F)c2Cl)CC1.